The van der Waals surface area contributed by atoms with Gasteiger partial charge in [0.15, 0.2) is 17.1 Å². The Morgan fingerprint density at radius 3 is 2.47 bits per heavy atom. The molecule has 2 aromatic carbocycles. The van der Waals surface area contributed by atoms with Crippen LogP contribution in [0.2, 0.25) is 5.02 Å². The lowest BCUT2D eigenvalue weighted by atomic mass is 9.57. The number of carbonyl (C=O) groups is 4. The standard InChI is InChI=1S/C29H26BrClFN3O8/c1-35(2)21-13-8-10-7-11-9-14(31)20(34-28(42)19(30)12-5-3-4-6-15(12)32)23(37)16(11)22(36)17(10)25(39)29(13,43)26(40)18(24(21)38)27(33)41/h3-6,9-10,13,19,21,36-37,40,43H,7-8H2,1-2H3,(H2,33,41)(H,34,42)/t10?,13?,19?,21-,29-/m0/s1. The van der Waals surface area contributed by atoms with Crippen molar-refractivity contribution in [3.63, 3.8) is 0 Å². The van der Waals surface area contributed by atoms with Crippen LogP contribution in [0, 0.1) is 17.7 Å². The Kier molecular flexibility index (Phi) is 7.66. The van der Waals surface area contributed by atoms with Gasteiger partial charge in [-0.05, 0) is 50.6 Å². The maximum absolute atomic E-state index is 14.3. The molecule has 43 heavy (non-hydrogen) atoms. The van der Waals surface area contributed by atoms with E-state index < -0.39 is 80.3 Å². The molecule has 226 valence electrons. The lowest BCUT2D eigenvalue weighted by Crippen LogP contribution is -2.65. The van der Waals surface area contributed by atoms with Gasteiger partial charge in [0.25, 0.3) is 5.91 Å². The van der Waals surface area contributed by atoms with Gasteiger partial charge < -0.3 is 31.5 Å². The number of likely N-dealkylation sites (N-methyl/N-ethyl adjacent to an activating group) is 1. The van der Waals surface area contributed by atoms with Crippen molar-refractivity contribution in [2.75, 3.05) is 19.4 Å². The van der Waals surface area contributed by atoms with Crippen LogP contribution in [0.15, 0.2) is 47.2 Å². The van der Waals surface area contributed by atoms with E-state index in [1.165, 1.54) is 49.3 Å². The average molecular weight is 679 g/mol. The van der Waals surface area contributed by atoms with Gasteiger partial charge in [-0.25, -0.2) is 4.39 Å². The molecule has 3 aliphatic rings. The van der Waals surface area contributed by atoms with Crippen molar-refractivity contribution in [2.24, 2.45) is 17.6 Å². The molecule has 0 aromatic heterocycles. The topological polar surface area (TPSA) is 190 Å². The first kappa shape index (κ1) is 30.7. The number of phenolic OH excluding ortho intramolecular Hbond substituents is 1. The van der Waals surface area contributed by atoms with Gasteiger partial charge in [-0.2, -0.15) is 0 Å². The number of carbonyl (C=O) groups excluding carboxylic acids is 4. The van der Waals surface area contributed by atoms with Crippen molar-refractivity contribution in [1.29, 1.82) is 0 Å². The quantitative estimate of drug-likeness (QED) is 0.157. The van der Waals surface area contributed by atoms with E-state index in [-0.39, 0.29) is 40.3 Å². The fraction of sp³-hybridized carbons (Fsp3) is 0.310. The first-order valence-electron chi connectivity index (χ1n) is 13.0. The number of rotatable bonds is 5. The summed E-state index contributed by atoms with van der Waals surface area (Å²) in [6, 6.07) is 5.72. The summed E-state index contributed by atoms with van der Waals surface area (Å²) in [6.45, 7) is 0. The third-order valence-electron chi connectivity index (χ3n) is 8.32. The minimum absolute atomic E-state index is 0.0159. The van der Waals surface area contributed by atoms with Gasteiger partial charge in [-0.3, -0.25) is 24.1 Å². The van der Waals surface area contributed by atoms with Crippen molar-refractivity contribution < 1.29 is 44.0 Å². The van der Waals surface area contributed by atoms with Crippen LogP contribution in [0.3, 0.4) is 0 Å². The van der Waals surface area contributed by atoms with Crippen LogP contribution < -0.4 is 11.1 Å². The van der Waals surface area contributed by atoms with E-state index in [1.807, 2.05) is 0 Å². The Morgan fingerprint density at radius 1 is 1.21 bits per heavy atom. The molecule has 14 heteroatoms. The van der Waals surface area contributed by atoms with Crippen molar-refractivity contribution in [3.8, 4) is 5.75 Å². The second-order valence-corrected chi connectivity index (χ2v) is 12.3. The highest BCUT2D eigenvalue weighted by Crippen LogP contribution is 2.54. The highest BCUT2D eigenvalue weighted by Gasteiger charge is 2.64. The maximum Gasteiger partial charge on any atom is 0.255 e. The zero-order chi connectivity index (χ0) is 31.7. The fourth-order valence-electron chi connectivity index (χ4n) is 6.39. The van der Waals surface area contributed by atoms with Gasteiger partial charge in [-0.1, -0.05) is 45.7 Å². The molecule has 0 spiro atoms. The minimum Gasteiger partial charge on any atom is -0.508 e. The van der Waals surface area contributed by atoms with E-state index in [2.05, 4.69) is 21.2 Å². The summed E-state index contributed by atoms with van der Waals surface area (Å²) < 4.78 is 14.3. The second kappa shape index (κ2) is 10.7. The molecule has 1 fully saturated rings. The molecule has 0 radical (unpaired) electrons. The number of phenols is 1. The third-order valence-corrected chi connectivity index (χ3v) is 9.53. The van der Waals surface area contributed by atoms with Gasteiger partial charge in [-0.15, -0.1) is 0 Å². The molecule has 3 unspecified atom stereocenters. The molecule has 5 atom stereocenters. The number of halogens is 3. The van der Waals surface area contributed by atoms with Crippen LogP contribution >= 0.6 is 27.5 Å². The molecule has 2 aromatic rings. The van der Waals surface area contributed by atoms with Crippen LogP contribution in [-0.2, 0) is 25.6 Å². The van der Waals surface area contributed by atoms with Crippen LogP contribution in [0.1, 0.15) is 27.9 Å². The summed E-state index contributed by atoms with van der Waals surface area (Å²) in [5.41, 5.74) is 1.01. The predicted molar refractivity (Wildman–Crippen MR) is 156 cm³/mol. The number of alkyl halides is 1. The van der Waals surface area contributed by atoms with E-state index in [0.717, 1.165) is 0 Å². The average Bonchev–Trinajstić information content (AvgIpc) is 2.92. The Hall–Kier alpha value is -3.78. The van der Waals surface area contributed by atoms with Gasteiger partial charge in [0.1, 0.15) is 33.4 Å². The predicted octanol–water partition coefficient (Wildman–Crippen LogP) is 2.83. The zero-order valence-electron chi connectivity index (χ0n) is 22.7. The number of ketones is 2. The van der Waals surface area contributed by atoms with E-state index in [0.29, 0.717) is 5.56 Å². The first-order valence-corrected chi connectivity index (χ1v) is 14.3. The van der Waals surface area contributed by atoms with Crippen LogP contribution in [-0.4, -0.2) is 74.4 Å². The smallest absolute Gasteiger partial charge is 0.255 e. The molecule has 5 rings (SSSR count). The third kappa shape index (κ3) is 4.53. The number of nitrogens with zero attached hydrogens (tertiary/aromatic N) is 1. The number of primary amides is 1. The molecular formula is C29H26BrClFN3O8. The Labute approximate surface area is 257 Å². The summed E-state index contributed by atoms with van der Waals surface area (Å²) in [6.07, 6.45) is -0.0666. The van der Waals surface area contributed by atoms with Gasteiger partial charge >= 0.3 is 0 Å². The number of aliphatic hydroxyl groups is 3. The largest absolute Gasteiger partial charge is 0.508 e. The number of benzene rings is 2. The van der Waals surface area contributed by atoms with Crippen molar-refractivity contribution in [2.45, 2.75) is 29.3 Å². The minimum atomic E-state index is -2.79. The summed E-state index contributed by atoms with van der Waals surface area (Å²) >= 11 is 9.55. The van der Waals surface area contributed by atoms with Crippen LogP contribution in [0.5, 0.6) is 5.75 Å². The summed E-state index contributed by atoms with van der Waals surface area (Å²) in [5, 5.41) is 47.5. The Morgan fingerprint density at radius 2 is 1.86 bits per heavy atom. The van der Waals surface area contributed by atoms with Gasteiger partial charge in [0.05, 0.1) is 16.6 Å². The van der Waals surface area contributed by atoms with Crippen LogP contribution in [0.25, 0.3) is 5.76 Å². The number of Topliss-reactive ketones (excluding diaryl/α,β-unsaturated/α-hetero) is 2. The molecular weight excluding hydrogens is 653 g/mol. The highest BCUT2D eigenvalue weighted by atomic mass is 79.9. The Balaban J connectivity index is 1.60. The Bertz CT molecular complexity index is 1690. The number of hydrogen-bond donors (Lipinski definition) is 6. The number of nitrogens with two attached hydrogens (primary N) is 1. The van der Waals surface area contributed by atoms with E-state index >= 15 is 0 Å². The number of fused-ring (bicyclic) bond motifs is 3. The maximum atomic E-state index is 14.3. The number of aromatic hydroxyl groups is 1. The molecule has 0 saturated heterocycles. The molecule has 3 aliphatic carbocycles. The monoisotopic (exact) mass is 677 g/mol. The molecule has 0 aliphatic heterocycles. The number of aliphatic hydroxyl groups excluding tert-OH is 2. The van der Waals surface area contributed by atoms with Gasteiger partial charge in [0.2, 0.25) is 11.7 Å². The van der Waals surface area contributed by atoms with Crippen LogP contribution in [0.4, 0.5) is 10.1 Å². The van der Waals surface area contributed by atoms with E-state index in [4.69, 9.17) is 17.3 Å². The molecule has 0 bridgehead atoms. The van der Waals surface area contributed by atoms with Crippen molar-refractivity contribution in [3.05, 3.63) is 74.8 Å². The number of amides is 2. The lowest BCUT2D eigenvalue weighted by molar-refractivity contribution is -0.153. The summed E-state index contributed by atoms with van der Waals surface area (Å²) in [7, 11) is 3.01. The van der Waals surface area contributed by atoms with Gasteiger partial charge in [0, 0.05) is 17.1 Å². The summed E-state index contributed by atoms with van der Waals surface area (Å²) in [5.74, 6) is -9.47. The van der Waals surface area contributed by atoms with Crippen molar-refractivity contribution in [1.82, 2.24) is 4.90 Å². The summed E-state index contributed by atoms with van der Waals surface area (Å²) in [4.78, 5) is 52.4. The molecule has 1 saturated carbocycles. The first-order chi connectivity index (χ1) is 20.1. The van der Waals surface area contributed by atoms with E-state index in [9.17, 15) is 44.0 Å². The number of hydrogen-bond acceptors (Lipinski definition) is 9. The SMILES string of the molecule is CN(C)[C@@H]1C(=O)C(C(N)=O)=C(O)[C@@]2(O)C(=O)C3=C(O)c4c(cc(Cl)c(NC(=O)C(Br)c5ccccc5F)c4O)CC3CC12. The normalized spacial score (nSPS) is 25.7. The fourth-order valence-corrected chi connectivity index (χ4v) is 7.15. The molecule has 11 nitrogen and oxygen atoms in total. The highest BCUT2D eigenvalue weighted by molar-refractivity contribution is 9.09. The van der Waals surface area contributed by atoms with Crippen molar-refractivity contribution >= 4 is 62.4 Å². The number of anilines is 1. The zero-order valence-corrected chi connectivity index (χ0v) is 25.0. The molecule has 0 heterocycles. The number of nitrogens with one attached hydrogen (secondary N) is 1. The van der Waals surface area contributed by atoms with E-state index in [1.54, 1.807) is 0 Å². The second-order valence-electron chi connectivity index (χ2n) is 11.0. The molecule has 7 N–H and O–H groups in total. The lowest BCUT2D eigenvalue weighted by Gasteiger charge is -2.50. The molecule has 2 amide bonds.